The van der Waals surface area contributed by atoms with Crippen LogP contribution in [-0.4, -0.2) is 47.6 Å². The van der Waals surface area contributed by atoms with Gasteiger partial charge < -0.3 is 5.32 Å². The Bertz CT molecular complexity index is 617. The van der Waals surface area contributed by atoms with Crippen LogP contribution >= 0.6 is 22.9 Å². The lowest BCUT2D eigenvalue weighted by molar-refractivity contribution is 0.249. The summed E-state index contributed by atoms with van der Waals surface area (Å²) in [5.74, 6) is 0.209. The number of urea groups is 1. The van der Waals surface area contributed by atoms with Gasteiger partial charge in [0.2, 0.25) is 5.13 Å². The summed E-state index contributed by atoms with van der Waals surface area (Å²) in [7, 11) is -3.17. The van der Waals surface area contributed by atoms with Gasteiger partial charge >= 0.3 is 6.03 Å². The van der Waals surface area contributed by atoms with Crippen LogP contribution in [0.1, 0.15) is 18.9 Å². The molecule has 2 N–H and O–H groups in total. The summed E-state index contributed by atoms with van der Waals surface area (Å²) in [6.45, 7) is 4.14. The lowest BCUT2D eigenvalue weighted by Gasteiger charge is -2.13. The molecule has 0 bridgehead atoms. The van der Waals surface area contributed by atoms with E-state index in [2.05, 4.69) is 34.7 Å². The molecule has 0 spiro atoms. The maximum atomic E-state index is 11.8. The molecule has 7 nitrogen and oxygen atoms in total. The van der Waals surface area contributed by atoms with E-state index in [4.69, 9.17) is 11.6 Å². The predicted octanol–water partition coefficient (Wildman–Crippen LogP) is 1.26. The van der Waals surface area contributed by atoms with Gasteiger partial charge in [0.25, 0.3) is 0 Å². The van der Waals surface area contributed by atoms with Crippen LogP contribution in [0.15, 0.2) is 0 Å². The molecule has 1 aromatic heterocycles. The summed E-state index contributed by atoms with van der Waals surface area (Å²) in [5.41, 5.74) is 0. The van der Waals surface area contributed by atoms with E-state index in [0.717, 1.165) is 11.4 Å². The molecule has 1 aliphatic heterocycles. The first kappa shape index (κ1) is 16.4. The van der Waals surface area contributed by atoms with E-state index < -0.39 is 27.3 Å². The number of carbonyl (C=O) groups is 1. The highest BCUT2D eigenvalue weighted by atomic mass is 35.5. The van der Waals surface area contributed by atoms with Crippen molar-refractivity contribution in [1.82, 2.24) is 15.5 Å². The van der Waals surface area contributed by atoms with Gasteiger partial charge in [-0.15, -0.1) is 21.8 Å². The molecule has 1 aromatic rings. The maximum Gasteiger partial charge on any atom is 0.321 e. The number of carbonyl (C=O) groups excluding carboxylic acids is 1. The first-order chi connectivity index (χ1) is 9.75. The third-order valence-corrected chi connectivity index (χ3v) is 6.11. The van der Waals surface area contributed by atoms with E-state index >= 15 is 0 Å². The first-order valence-electron chi connectivity index (χ1n) is 6.49. The fourth-order valence-corrected chi connectivity index (χ4v) is 5.47. The smallest absolute Gasteiger partial charge is 0.321 e. The average Bonchev–Trinajstić information content (AvgIpc) is 2.82. The molecule has 2 rings (SSSR count). The topological polar surface area (TPSA) is 101 Å². The average molecular weight is 353 g/mol. The SMILES string of the molecule is CC(C)Cc1nnc(NC(=O)N[C@@H]2CS(=O)(=O)C[C@H]2Cl)s1. The number of rotatable bonds is 4. The number of anilines is 1. The number of alkyl halides is 1. The van der Waals surface area contributed by atoms with Gasteiger partial charge in [-0.05, 0) is 5.92 Å². The fourth-order valence-electron chi connectivity index (χ4n) is 1.97. The van der Waals surface area contributed by atoms with Crippen LogP contribution in [0.5, 0.6) is 0 Å². The van der Waals surface area contributed by atoms with E-state index in [1.54, 1.807) is 0 Å². The van der Waals surface area contributed by atoms with E-state index in [9.17, 15) is 13.2 Å². The molecule has 0 aliphatic carbocycles. The van der Waals surface area contributed by atoms with Gasteiger partial charge in [-0.25, -0.2) is 13.2 Å². The number of nitrogens with one attached hydrogen (secondary N) is 2. The standard InChI is InChI=1S/C11H17ClN4O3S2/c1-6(2)3-9-15-16-11(20-9)14-10(17)13-8-5-21(18,19)4-7(8)12/h6-8H,3-5H2,1-2H3,(H2,13,14,16,17)/t7-,8-/m1/s1. The van der Waals surface area contributed by atoms with Crippen LogP contribution in [-0.2, 0) is 16.3 Å². The highest BCUT2D eigenvalue weighted by Crippen LogP contribution is 2.20. The summed E-state index contributed by atoms with van der Waals surface area (Å²) >= 11 is 7.23. The number of nitrogens with zero attached hydrogens (tertiary/aromatic N) is 2. The molecule has 0 saturated carbocycles. The van der Waals surface area contributed by atoms with Crippen LogP contribution in [0.3, 0.4) is 0 Å². The van der Waals surface area contributed by atoms with E-state index in [1.165, 1.54) is 11.3 Å². The van der Waals surface area contributed by atoms with Gasteiger partial charge in [0.05, 0.1) is 22.9 Å². The number of hydrogen-bond acceptors (Lipinski definition) is 6. The van der Waals surface area contributed by atoms with Crippen molar-refractivity contribution in [2.75, 3.05) is 16.8 Å². The summed E-state index contributed by atoms with van der Waals surface area (Å²) in [5, 5.41) is 13.6. The molecule has 10 heteroatoms. The van der Waals surface area contributed by atoms with E-state index in [0.29, 0.717) is 11.0 Å². The monoisotopic (exact) mass is 352 g/mol. The lowest BCUT2D eigenvalue weighted by Crippen LogP contribution is -2.42. The maximum absolute atomic E-state index is 11.8. The molecule has 2 amide bonds. The number of hydrogen-bond donors (Lipinski definition) is 2. The molecular formula is C11H17ClN4O3S2. The predicted molar refractivity (Wildman–Crippen MR) is 82.7 cm³/mol. The van der Waals surface area contributed by atoms with Crippen LogP contribution in [0.2, 0.25) is 0 Å². The second-order valence-electron chi connectivity index (χ2n) is 5.40. The van der Waals surface area contributed by atoms with Crippen molar-refractivity contribution in [2.45, 2.75) is 31.7 Å². The Hall–Kier alpha value is -0.930. The van der Waals surface area contributed by atoms with Crippen LogP contribution in [0, 0.1) is 5.92 Å². The second kappa shape index (κ2) is 6.45. The molecule has 1 aliphatic rings. The Labute approximate surface area is 132 Å². The van der Waals surface area contributed by atoms with Crippen molar-refractivity contribution in [1.29, 1.82) is 0 Å². The highest BCUT2D eigenvalue weighted by molar-refractivity contribution is 7.91. The summed E-state index contributed by atoms with van der Waals surface area (Å²) < 4.78 is 22.8. The van der Waals surface area contributed by atoms with Gasteiger partial charge in [-0.1, -0.05) is 25.2 Å². The summed E-state index contributed by atoms with van der Waals surface area (Å²) in [6.07, 6.45) is 0.797. The molecule has 118 valence electrons. The quantitative estimate of drug-likeness (QED) is 0.794. The van der Waals surface area contributed by atoms with Crippen molar-refractivity contribution in [3.63, 3.8) is 0 Å². The van der Waals surface area contributed by atoms with Gasteiger partial charge in [0.1, 0.15) is 5.01 Å². The minimum atomic E-state index is -3.17. The van der Waals surface area contributed by atoms with E-state index in [-0.39, 0.29) is 11.5 Å². The molecule has 2 heterocycles. The molecule has 0 aromatic carbocycles. The van der Waals surface area contributed by atoms with Crippen LogP contribution in [0.4, 0.5) is 9.93 Å². The number of halogens is 1. The zero-order valence-electron chi connectivity index (χ0n) is 11.7. The molecule has 0 unspecified atom stereocenters. The number of sulfone groups is 1. The Kier molecular flexibility index (Phi) is 5.05. The third-order valence-electron chi connectivity index (χ3n) is 2.87. The molecular weight excluding hydrogens is 336 g/mol. The third kappa shape index (κ3) is 4.79. The van der Waals surface area contributed by atoms with Crippen molar-refractivity contribution in [2.24, 2.45) is 5.92 Å². The molecule has 1 fully saturated rings. The zero-order chi connectivity index (χ0) is 15.6. The van der Waals surface area contributed by atoms with Gasteiger partial charge in [0, 0.05) is 6.42 Å². The highest BCUT2D eigenvalue weighted by Gasteiger charge is 2.37. The molecule has 2 atom stereocenters. The Morgan fingerprint density at radius 3 is 2.71 bits per heavy atom. The normalized spacial score (nSPS) is 24.2. The zero-order valence-corrected chi connectivity index (χ0v) is 14.1. The first-order valence-corrected chi connectivity index (χ1v) is 9.57. The fraction of sp³-hybridized carbons (Fsp3) is 0.727. The lowest BCUT2D eigenvalue weighted by atomic mass is 10.1. The van der Waals surface area contributed by atoms with Crippen molar-refractivity contribution < 1.29 is 13.2 Å². The second-order valence-corrected chi connectivity index (χ2v) is 9.17. The Morgan fingerprint density at radius 1 is 1.43 bits per heavy atom. The van der Waals surface area contributed by atoms with Crippen molar-refractivity contribution >= 4 is 43.9 Å². The summed E-state index contributed by atoms with van der Waals surface area (Å²) in [6, 6.07) is -1.10. The summed E-state index contributed by atoms with van der Waals surface area (Å²) in [4.78, 5) is 11.8. The number of aromatic nitrogens is 2. The largest absolute Gasteiger partial charge is 0.333 e. The Balaban J connectivity index is 1.89. The van der Waals surface area contributed by atoms with Crippen molar-refractivity contribution in [3.8, 4) is 0 Å². The van der Waals surface area contributed by atoms with Gasteiger partial charge in [-0.3, -0.25) is 5.32 Å². The van der Waals surface area contributed by atoms with Crippen LogP contribution in [0.25, 0.3) is 0 Å². The van der Waals surface area contributed by atoms with E-state index in [1.807, 2.05) is 0 Å². The Morgan fingerprint density at radius 2 is 2.14 bits per heavy atom. The van der Waals surface area contributed by atoms with Gasteiger partial charge in [0.15, 0.2) is 9.84 Å². The number of amides is 2. The molecule has 21 heavy (non-hydrogen) atoms. The van der Waals surface area contributed by atoms with Gasteiger partial charge in [-0.2, -0.15) is 0 Å². The molecule has 1 saturated heterocycles. The minimum Gasteiger partial charge on any atom is -0.333 e. The van der Waals surface area contributed by atoms with Crippen molar-refractivity contribution in [3.05, 3.63) is 5.01 Å². The minimum absolute atomic E-state index is 0.114. The molecule has 0 radical (unpaired) electrons. The van der Waals surface area contributed by atoms with Crippen LogP contribution < -0.4 is 10.6 Å².